The second kappa shape index (κ2) is 4.98. The summed E-state index contributed by atoms with van der Waals surface area (Å²) in [4.78, 5) is 14.1. The minimum atomic E-state index is 0.138. The number of benzene rings is 1. The van der Waals surface area contributed by atoms with Gasteiger partial charge in [0.2, 0.25) is 5.91 Å². The molecule has 18 heavy (non-hydrogen) atoms. The number of hydrogen-bond acceptors (Lipinski definition) is 3. The topological polar surface area (TPSA) is 44.4 Å². The zero-order valence-corrected chi connectivity index (χ0v) is 10.5. The normalized spacial score (nSPS) is 18.3. The van der Waals surface area contributed by atoms with E-state index >= 15 is 0 Å². The van der Waals surface area contributed by atoms with Crippen molar-refractivity contribution in [3.8, 4) is 0 Å². The Kier molecular flexibility index (Phi) is 3.19. The molecular formula is C14H19N3O. The van der Waals surface area contributed by atoms with E-state index in [-0.39, 0.29) is 5.91 Å². The maximum absolute atomic E-state index is 11.9. The van der Waals surface area contributed by atoms with E-state index in [4.69, 9.17) is 0 Å². The van der Waals surface area contributed by atoms with Gasteiger partial charge in [-0.2, -0.15) is 0 Å². The molecule has 2 N–H and O–H groups in total. The second-order valence-corrected chi connectivity index (χ2v) is 5.13. The van der Waals surface area contributed by atoms with Crippen molar-refractivity contribution in [2.75, 3.05) is 37.6 Å². The van der Waals surface area contributed by atoms with Crippen LogP contribution in [0.4, 0.5) is 5.69 Å². The molecule has 0 spiro atoms. The molecule has 3 rings (SSSR count). The van der Waals surface area contributed by atoms with Gasteiger partial charge < -0.3 is 15.5 Å². The molecular weight excluding hydrogens is 226 g/mol. The number of anilines is 1. The van der Waals surface area contributed by atoms with Crippen LogP contribution < -0.4 is 15.5 Å². The first kappa shape index (κ1) is 11.5. The van der Waals surface area contributed by atoms with Crippen LogP contribution in [-0.2, 0) is 11.2 Å². The molecule has 0 aliphatic carbocycles. The standard InChI is InChI=1S/C14H19N3O/c18-14(16-9-11-7-15-8-11)10-17-6-5-12-3-1-2-4-13(12)17/h1-4,11,15H,5-10H2,(H,16,18). The van der Waals surface area contributed by atoms with Crippen LogP contribution in [-0.4, -0.2) is 38.6 Å². The highest BCUT2D eigenvalue weighted by molar-refractivity contribution is 5.82. The first-order chi connectivity index (χ1) is 8.83. The maximum atomic E-state index is 11.9. The number of fused-ring (bicyclic) bond motifs is 1. The first-order valence-electron chi connectivity index (χ1n) is 6.63. The molecule has 4 nitrogen and oxygen atoms in total. The van der Waals surface area contributed by atoms with Crippen LogP contribution in [0.3, 0.4) is 0 Å². The zero-order valence-electron chi connectivity index (χ0n) is 10.5. The number of nitrogens with one attached hydrogen (secondary N) is 2. The van der Waals surface area contributed by atoms with Gasteiger partial charge in [0.05, 0.1) is 6.54 Å². The zero-order chi connectivity index (χ0) is 12.4. The van der Waals surface area contributed by atoms with Crippen LogP contribution in [0.1, 0.15) is 5.56 Å². The van der Waals surface area contributed by atoms with E-state index in [1.165, 1.54) is 11.3 Å². The monoisotopic (exact) mass is 245 g/mol. The number of nitrogens with zero attached hydrogens (tertiary/aromatic N) is 1. The molecule has 1 saturated heterocycles. The van der Waals surface area contributed by atoms with Crippen LogP contribution in [0.25, 0.3) is 0 Å². The van der Waals surface area contributed by atoms with Crippen molar-refractivity contribution in [2.45, 2.75) is 6.42 Å². The van der Waals surface area contributed by atoms with Crippen molar-refractivity contribution in [1.29, 1.82) is 0 Å². The van der Waals surface area contributed by atoms with Crippen molar-refractivity contribution in [2.24, 2.45) is 5.92 Å². The number of carbonyl (C=O) groups excluding carboxylic acids is 1. The molecule has 0 bridgehead atoms. The summed E-state index contributed by atoms with van der Waals surface area (Å²) in [5.41, 5.74) is 2.58. The van der Waals surface area contributed by atoms with Gasteiger partial charge in [-0.15, -0.1) is 0 Å². The minimum Gasteiger partial charge on any atom is -0.362 e. The van der Waals surface area contributed by atoms with E-state index in [2.05, 4.69) is 33.7 Å². The average molecular weight is 245 g/mol. The molecule has 0 unspecified atom stereocenters. The molecule has 1 amide bonds. The fraction of sp³-hybridized carbons (Fsp3) is 0.500. The Morgan fingerprint density at radius 1 is 1.39 bits per heavy atom. The van der Waals surface area contributed by atoms with Gasteiger partial charge in [0.25, 0.3) is 0 Å². The highest BCUT2D eigenvalue weighted by Gasteiger charge is 2.21. The Morgan fingerprint density at radius 2 is 2.22 bits per heavy atom. The summed E-state index contributed by atoms with van der Waals surface area (Å²) in [6, 6.07) is 8.35. The Bertz CT molecular complexity index is 442. The van der Waals surface area contributed by atoms with Gasteiger partial charge >= 0.3 is 0 Å². The Morgan fingerprint density at radius 3 is 3.00 bits per heavy atom. The summed E-state index contributed by atoms with van der Waals surface area (Å²) >= 11 is 0. The average Bonchev–Trinajstić information content (AvgIpc) is 2.71. The highest BCUT2D eigenvalue weighted by atomic mass is 16.2. The smallest absolute Gasteiger partial charge is 0.239 e. The van der Waals surface area contributed by atoms with Crippen LogP contribution >= 0.6 is 0 Å². The minimum absolute atomic E-state index is 0.138. The van der Waals surface area contributed by atoms with E-state index in [0.29, 0.717) is 12.5 Å². The summed E-state index contributed by atoms with van der Waals surface area (Å²) in [5, 5.41) is 6.23. The Labute approximate surface area is 107 Å². The van der Waals surface area contributed by atoms with Gasteiger partial charge in [0.1, 0.15) is 0 Å². The highest BCUT2D eigenvalue weighted by Crippen LogP contribution is 2.26. The van der Waals surface area contributed by atoms with Crippen molar-refractivity contribution in [3.05, 3.63) is 29.8 Å². The lowest BCUT2D eigenvalue weighted by Gasteiger charge is -2.27. The molecule has 2 aliphatic heterocycles. The lowest BCUT2D eigenvalue weighted by atomic mass is 10.0. The van der Waals surface area contributed by atoms with E-state index < -0.39 is 0 Å². The maximum Gasteiger partial charge on any atom is 0.239 e. The number of rotatable bonds is 4. The second-order valence-electron chi connectivity index (χ2n) is 5.13. The van der Waals surface area contributed by atoms with Crippen molar-refractivity contribution in [3.63, 3.8) is 0 Å². The van der Waals surface area contributed by atoms with Crippen molar-refractivity contribution in [1.82, 2.24) is 10.6 Å². The van der Waals surface area contributed by atoms with Crippen molar-refractivity contribution >= 4 is 11.6 Å². The molecule has 0 atom stereocenters. The molecule has 0 aromatic heterocycles. The van der Waals surface area contributed by atoms with Crippen LogP contribution in [0, 0.1) is 5.92 Å². The van der Waals surface area contributed by atoms with Gasteiger partial charge in [0.15, 0.2) is 0 Å². The van der Waals surface area contributed by atoms with Gasteiger partial charge in [0, 0.05) is 37.8 Å². The summed E-state index contributed by atoms with van der Waals surface area (Å²) in [6.07, 6.45) is 1.05. The third-order valence-electron chi connectivity index (χ3n) is 3.77. The largest absolute Gasteiger partial charge is 0.362 e. The van der Waals surface area contributed by atoms with Crippen molar-refractivity contribution < 1.29 is 4.79 Å². The Hall–Kier alpha value is -1.55. The van der Waals surface area contributed by atoms with E-state index in [0.717, 1.165) is 32.6 Å². The van der Waals surface area contributed by atoms with Gasteiger partial charge in [-0.25, -0.2) is 0 Å². The third kappa shape index (κ3) is 2.34. The molecule has 2 aliphatic rings. The molecule has 4 heteroatoms. The van der Waals surface area contributed by atoms with Gasteiger partial charge in [-0.1, -0.05) is 18.2 Å². The molecule has 1 aromatic rings. The van der Waals surface area contributed by atoms with Gasteiger partial charge in [-0.3, -0.25) is 4.79 Å². The lowest BCUT2D eigenvalue weighted by molar-refractivity contribution is -0.120. The van der Waals surface area contributed by atoms with Crippen LogP contribution in [0.15, 0.2) is 24.3 Å². The van der Waals surface area contributed by atoms with Crippen LogP contribution in [0.2, 0.25) is 0 Å². The molecule has 0 saturated carbocycles. The first-order valence-corrected chi connectivity index (χ1v) is 6.63. The fourth-order valence-corrected chi connectivity index (χ4v) is 2.55. The molecule has 96 valence electrons. The van der Waals surface area contributed by atoms with E-state index in [1.807, 2.05) is 6.07 Å². The number of para-hydroxylation sites is 1. The molecule has 1 aromatic carbocycles. The van der Waals surface area contributed by atoms with Gasteiger partial charge in [-0.05, 0) is 18.1 Å². The quantitative estimate of drug-likeness (QED) is 0.806. The number of hydrogen-bond donors (Lipinski definition) is 2. The lowest BCUT2D eigenvalue weighted by Crippen LogP contribution is -2.49. The summed E-state index contributed by atoms with van der Waals surface area (Å²) in [6.45, 7) is 4.32. The molecule has 1 fully saturated rings. The Balaban J connectivity index is 1.52. The third-order valence-corrected chi connectivity index (χ3v) is 3.77. The summed E-state index contributed by atoms with van der Waals surface area (Å²) < 4.78 is 0. The fourth-order valence-electron chi connectivity index (χ4n) is 2.55. The number of carbonyl (C=O) groups is 1. The molecule has 2 heterocycles. The molecule has 0 radical (unpaired) electrons. The predicted molar refractivity (Wildman–Crippen MR) is 71.7 cm³/mol. The predicted octanol–water partition coefficient (Wildman–Crippen LogP) is 0.385. The number of amides is 1. The van der Waals surface area contributed by atoms with Crippen LogP contribution in [0.5, 0.6) is 0 Å². The SMILES string of the molecule is O=C(CN1CCc2ccccc21)NCC1CNC1. The van der Waals surface area contributed by atoms with E-state index in [1.54, 1.807) is 0 Å². The van der Waals surface area contributed by atoms with E-state index in [9.17, 15) is 4.79 Å². The summed E-state index contributed by atoms with van der Waals surface area (Å²) in [5.74, 6) is 0.762. The summed E-state index contributed by atoms with van der Waals surface area (Å²) in [7, 11) is 0.